The summed E-state index contributed by atoms with van der Waals surface area (Å²) in [5.41, 5.74) is 0.729. The van der Waals surface area contributed by atoms with Gasteiger partial charge in [-0.2, -0.15) is 0 Å². The van der Waals surface area contributed by atoms with E-state index in [0.29, 0.717) is 0 Å². The fraction of sp³-hybridized carbons (Fsp3) is 0.357. The Kier molecular flexibility index (Phi) is 3.23. The van der Waals surface area contributed by atoms with E-state index in [4.69, 9.17) is 4.74 Å². The molecule has 6 nitrogen and oxygen atoms in total. The number of carbonyl (C=O) groups is 2. The second-order valence-corrected chi connectivity index (χ2v) is 4.88. The van der Waals surface area contributed by atoms with Gasteiger partial charge in [-0.25, -0.2) is 0 Å². The third-order valence-corrected chi connectivity index (χ3v) is 3.66. The van der Waals surface area contributed by atoms with Crippen LogP contribution in [0.4, 0.5) is 0 Å². The van der Waals surface area contributed by atoms with Crippen molar-refractivity contribution in [3.05, 3.63) is 42.2 Å². The van der Waals surface area contributed by atoms with Crippen molar-refractivity contribution in [3.8, 4) is 0 Å². The van der Waals surface area contributed by atoms with Crippen LogP contribution in [0.1, 0.15) is 5.69 Å². The van der Waals surface area contributed by atoms with Gasteiger partial charge in [0.1, 0.15) is 5.92 Å². The summed E-state index contributed by atoms with van der Waals surface area (Å²) < 4.78 is 5.46. The third kappa shape index (κ3) is 2.18. The van der Waals surface area contributed by atoms with E-state index < -0.39 is 30.0 Å². The Bertz CT molecular complexity index is 558. The minimum atomic E-state index is -1.00. The number of pyridine rings is 1. The molecule has 1 amide bonds. The quantitative estimate of drug-likeness (QED) is 0.773. The van der Waals surface area contributed by atoms with Crippen LogP contribution in [-0.2, 0) is 20.9 Å². The van der Waals surface area contributed by atoms with E-state index in [9.17, 15) is 14.7 Å². The van der Waals surface area contributed by atoms with Crippen LogP contribution in [0.3, 0.4) is 0 Å². The van der Waals surface area contributed by atoms with Crippen LogP contribution in [0.25, 0.3) is 0 Å². The highest BCUT2D eigenvalue weighted by atomic mass is 16.5. The number of nitrogens with zero attached hydrogens (tertiary/aromatic N) is 1. The molecular formula is C14H14N2O4. The van der Waals surface area contributed by atoms with Gasteiger partial charge in [0.25, 0.3) is 0 Å². The number of carboxylic acids is 1. The van der Waals surface area contributed by atoms with Crippen LogP contribution in [-0.4, -0.2) is 34.2 Å². The Hall–Kier alpha value is -2.21. The van der Waals surface area contributed by atoms with Gasteiger partial charge in [0.15, 0.2) is 0 Å². The van der Waals surface area contributed by atoms with Crippen LogP contribution >= 0.6 is 0 Å². The lowest BCUT2D eigenvalue weighted by Gasteiger charge is -2.20. The fourth-order valence-corrected chi connectivity index (χ4v) is 2.71. The summed E-state index contributed by atoms with van der Waals surface area (Å²) in [4.78, 5) is 27.6. The zero-order valence-corrected chi connectivity index (χ0v) is 10.6. The monoisotopic (exact) mass is 274 g/mol. The molecular weight excluding hydrogens is 260 g/mol. The van der Waals surface area contributed by atoms with E-state index in [2.05, 4.69) is 10.3 Å². The molecule has 4 atom stereocenters. The molecule has 0 saturated carbocycles. The molecule has 3 rings (SSSR count). The molecule has 1 aromatic heterocycles. The smallest absolute Gasteiger partial charge is 0.310 e. The Balaban J connectivity index is 1.68. The summed E-state index contributed by atoms with van der Waals surface area (Å²) in [5.74, 6) is -2.79. The van der Waals surface area contributed by atoms with Gasteiger partial charge in [0.05, 0.1) is 30.4 Å². The molecule has 0 radical (unpaired) electrons. The minimum Gasteiger partial charge on any atom is -0.481 e. The van der Waals surface area contributed by atoms with Gasteiger partial charge in [0, 0.05) is 6.20 Å². The summed E-state index contributed by atoms with van der Waals surface area (Å²) in [6.45, 7) is 0.281. The second kappa shape index (κ2) is 5.05. The number of amides is 1. The van der Waals surface area contributed by atoms with Gasteiger partial charge in [-0.3, -0.25) is 14.6 Å². The summed E-state index contributed by atoms with van der Waals surface area (Å²) in [7, 11) is 0. The van der Waals surface area contributed by atoms with Crippen molar-refractivity contribution in [1.82, 2.24) is 10.3 Å². The van der Waals surface area contributed by atoms with E-state index in [1.807, 2.05) is 6.07 Å². The molecule has 20 heavy (non-hydrogen) atoms. The normalized spacial score (nSPS) is 30.4. The molecule has 0 aliphatic carbocycles. The summed E-state index contributed by atoms with van der Waals surface area (Å²) >= 11 is 0. The molecule has 2 N–H and O–H groups in total. The molecule has 2 aliphatic rings. The maximum Gasteiger partial charge on any atom is 0.310 e. The van der Waals surface area contributed by atoms with Crippen LogP contribution in [0.5, 0.6) is 0 Å². The Morgan fingerprint density at radius 1 is 1.25 bits per heavy atom. The molecule has 2 aliphatic heterocycles. The first-order valence-corrected chi connectivity index (χ1v) is 6.41. The molecule has 2 bridgehead atoms. The molecule has 1 saturated heterocycles. The number of nitrogens with one attached hydrogen (secondary N) is 1. The van der Waals surface area contributed by atoms with Crippen molar-refractivity contribution >= 4 is 11.9 Å². The van der Waals surface area contributed by atoms with E-state index in [-0.39, 0.29) is 12.5 Å². The van der Waals surface area contributed by atoms with E-state index in [0.717, 1.165) is 5.69 Å². The predicted molar refractivity (Wildman–Crippen MR) is 68.5 cm³/mol. The van der Waals surface area contributed by atoms with Crippen molar-refractivity contribution in [2.24, 2.45) is 11.8 Å². The van der Waals surface area contributed by atoms with Crippen molar-refractivity contribution in [3.63, 3.8) is 0 Å². The van der Waals surface area contributed by atoms with Crippen LogP contribution in [0, 0.1) is 11.8 Å². The summed E-state index contributed by atoms with van der Waals surface area (Å²) in [5, 5.41) is 12.0. The maximum absolute atomic E-state index is 12.2. The fourth-order valence-electron chi connectivity index (χ4n) is 2.71. The van der Waals surface area contributed by atoms with Gasteiger partial charge < -0.3 is 15.2 Å². The van der Waals surface area contributed by atoms with Crippen LogP contribution < -0.4 is 5.32 Å². The number of rotatable bonds is 4. The maximum atomic E-state index is 12.2. The molecule has 104 valence electrons. The highest BCUT2D eigenvalue weighted by molar-refractivity contribution is 5.87. The van der Waals surface area contributed by atoms with E-state index in [1.165, 1.54) is 0 Å². The first kappa shape index (κ1) is 12.8. The SMILES string of the molecule is O=C(O)[C@@H]1[C@H](C(=O)NCc2ccccn2)[C@H]2C=C[C@H]1O2. The number of carboxylic acid groups (broad SMARTS) is 1. The number of ether oxygens (including phenoxy) is 1. The lowest BCUT2D eigenvalue weighted by molar-refractivity contribution is -0.146. The lowest BCUT2D eigenvalue weighted by atomic mass is 9.82. The average molecular weight is 274 g/mol. The molecule has 6 heteroatoms. The first-order valence-electron chi connectivity index (χ1n) is 6.41. The van der Waals surface area contributed by atoms with Gasteiger partial charge >= 0.3 is 5.97 Å². The Morgan fingerprint density at radius 2 is 2.00 bits per heavy atom. The Morgan fingerprint density at radius 3 is 2.65 bits per heavy atom. The molecule has 1 aromatic rings. The molecule has 1 fully saturated rings. The molecule has 3 heterocycles. The zero-order valence-electron chi connectivity index (χ0n) is 10.6. The number of carbonyl (C=O) groups excluding carboxylic acids is 1. The van der Waals surface area contributed by atoms with Crippen molar-refractivity contribution < 1.29 is 19.4 Å². The minimum absolute atomic E-state index is 0.281. The van der Waals surface area contributed by atoms with Crippen LogP contribution in [0.15, 0.2) is 36.5 Å². The highest BCUT2D eigenvalue weighted by Crippen LogP contribution is 2.39. The van der Waals surface area contributed by atoms with Gasteiger partial charge in [-0.05, 0) is 12.1 Å². The highest BCUT2D eigenvalue weighted by Gasteiger charge is 2.53. The van der Waals surface area contributed by atoms with Gasteiger partial charge in [-0.1, -0.05) is 18.2 Å². The molecule has 0 spiro atoms. The third-order valence-electron chi connectivity index (χ3n) is 3.66. The second-order valence-electron chi connectivity index (χ2n) is 4.88. The number of hydrogen-bond donors (Lipinski definition) is 2. The number of aliphatic carboxylic acids is 1. The van der Waals surface area contributed by atoms with E-state index in [1.54, 1.807) is 30.5 Å². The van der Waals surface area contributed by atoms with Gasteiger partial charge in [0.2, 0.25) is 5.91 Å². The largest absolute Gasteiger partial charge is 0.481 e. The molecule has 0 unspecified atom stereocenters. The van der Waals surface area contributed by atoms with Crippen molar-refractivity contribution in [2.45, 2.75) is 18.8 Å². The first-order chi connectivity index (χ1) is 9.66. The summed E-state index contributed by atoms with van der Waals surface area (Å²) in [6, 6.07) is 5.42. The number of fused-ring (bicyclic) bond motifs is 2. The van der Waals surface area contributed by atoms with Crippen molar-refractivity contribution in [1.29, 1.82) is 0 Å². The van der Waals surface area contributed by atoms with Crippen molar-refractivity contribution in [2.75, 3.05) is 0 Å². The zero-order chi connectivity index (χ0) is 14.1. The number of hydrogen-bond acceptors (Lipinski definition) is 4. The standard InChI is InChI=1S/C14H14N2O4/c17-13(16-7-8-3-1-2-6-15-8)11-9-4-5-10(20-9)12(11)14(18)19/h1-6,9-12H,7H2,(H,16,17)(H,18,19)/t9-,10-,11-,12+/m1/s1. The average Bonchev–Trinajstić information content (AvgIpc) is 3.06. The number of aromatic nitrogens is 1. The predicted octanol–water partition coefficient (Wildman–Crippen LogP) is 0.352. The van der Waals surface area contributed by atoms with E-state index >= 15 is 0 Å². The Labute approximate surface area is 115 Å². The molecule has 0 aromatic carbocycles. The van der Waals surface area contributed by atoms with Crippen LogP contribution in [0.2, 0.25) is 0 Å². The topological polar surface area (TPSA) is 88.5 Å². The lowest BCUT2D eigenvalue weighted by Crippen LogP contribution is -2.42. The summed E-state index contributed by atoms with van der Waals surface area (Å²) in [6.07, 6.45) is 4.18. The van der Waals surface area contributed by atoms with Gasteiger partial charge in [-0.15, -0.1) is 0 Å².